The van der Waals surface area contributed by atoms with Gasteiger partial charge < -0.3 is 5.11 Å². The molecule has 0 radical (unpaired) electrons. The molecule has 0 unspecified atom stereocenters. The van der Waals surface area contributed by atoms with Crippen molar-refractivity contribution in [1.82, 2.24) is 15.1 Å². The van der Waals surface area contributed by atoms with E-state index in [-0.39, 0.29) is 6.54 Å². The van der Waals surface area contributed by atoms with Gasteiger partial charge in [-0.2, -0.15) is 5.10 Å². The van der Waals surface area contributed by atoms with Crippen molar-refractivity contribution in [3.05, 3.63) is 17.0 Å². The van der Waals surface area contributed by atoms with E-state index in [9.17, 15) is 4.79 Å². The van der Waals surface area contributed by atoms with Crippen LogP contribution in [0.4, 0.5) is 0 Å². The topological polar surface area (TPSA) is 69.2 Å². The molecule has 1 aromatic heterocycles. The number of carboxylic acid groups (broad SMARTS) is 1. The first-order valence-corrected chi connectivity index (χ1v) is 5.50. The summed E-state index contributed by atoms with van der Waals surface area (Å²) >= 11 is 5.11. The Morgan fingerprint density at radius 1 is 1.69 bits per heavy atom. The number of thiocarbonyl (C=S) groups is 1. The van der Waals surface area contributed by atoms with Crippen molar-refractivity contribution in [3.8, 4) is 0 Å². The number of rotatable bonds is 3. The SMILES string of the molecule is CC(=S)c1n[nH]c2c1CCN(CC(=O)O)C2. The average molecular weight is 239 g/mol. The number of aromatic nitrogens is 2. The van der Waals surface area contributed by atoms with E-state index in [0.717, 1.165) is 34.8 Å². The van der Waals surface area contributed by atoms with Crippen LogP contribution in [0.3, 0.4) is 0 Å². The highest BCUT2D eigenvalue weighted by molar-refractivity contribution is 7.80. The van der Waals surface area contributed by atoms with Gasteiger partial charge >= 0.3 is 5.97 Å². The van der Waals surface area contributed by atoms with Gasteiger partial charge in [-0.05, 0) is 13.3 Å². The molecule has 0 atom stereocenters. The number of H-pyrrole nitrogens is 1. The molecule has 0 spiro atoms. The fourth-order valence-electron chi connectivity index (χ4n) is 1.99. The van der Waals surface area contributed by atoms with E-state index >= 15 is 0 Å². The van der Waals surface area contributed by atoms with Crippen LogP contribution in [0, 0.1) is 0 Å². The number of hydrogen-bond acceptors (Lipinski definition) is 4. The van der Waals surface area contributed by atoms with Crippen molar-refractivity contribution in [1.29, 1.82) is 0 Å². The first kappa shape index (κ1) is 11.2. The number of nitrogens with one attached hydrogen (secondary N) is 1. The first-order valence-electron chi connectivity index (χ1n) is 5.09. The quantitative estimate of drug-likeness (QED) is 0.597. The molecule has 1 aliphatic heterocycles. The highest BCUT2D eigenvalue weighted by atomic mass is 32.1. The summed E-state index contributed by atoms with van der Waals surface area (Å²) in [5.41, 5.74) is 3.00. The zero-order valence-corrected chi connectivity index (χ0v) is 9.80. The first-order chi connectivity index (χ1) is 7.58. The lowest BCUT2D eigenvalue weighted by atomic mass is 10.0. The van der Waals surface area contributed by atoms with Crippen LogP contribution in [0.5, 0.6) is 0 Å². The largest absolute Gasteiger partial charge is 0.480 e. The van der Waals surface area contributed by atoms with E-state index in [1.165, 1.54) is 0 Å². The number of aromatic amines is 1. The summed E-state index contributed by atoms with van der Waals surface area (Å²) in [6.07, 6.45) is 0.808. The minimum atomic E-state index is -0.797. The maximum atomic E-state index is 10.6. The van der Waals surface area contributed by atoms with Gasteiger partial charge in [0.25, 0.3) is 0 Å². The van der Waals surface area contributed by atoms with Gasteiger partial charge in [-0.25, -0.2) is 0 Å². The molecule has 0 saturated heterocycles. The van der Waals surface area contributed by atoms with Crippen molar-refractivity contribution in [2.24, 2.45) is 0 Å². The zero-order chi connectivity index (χ0) is 11.7. The van der Waals surface area contributed by atoms with Crippen molar-refractivity contribution in [3.63, 3.8) is 0 Å². The molecule has 2 rings (SSSR count). The molecule has 0 fully saturated rings. The van der Waals surface area contributed by atoms with Crippen molar-refractivity contribution < 1.29 is 9.90 Å². The molecule has 5 nitrogen and oxygen atoms in total. The molecular weight excluding hydrogens is 226 g/mol. The Labute approximate surface area is 98.5 Å². The predicted molar refractivity (Wildman–Crippen MR) is 62.6 cm³/mol. The second-order valence-electron chi connectivity index (χ2n) is 3.94. The lowest BCUT2D eigenvalue weighted by Gasteiger charge is -2.24. The number of nitrogens with zero attached hydrogens (tertiary/aromatic N) is 2. The standard InChI is InChI=1S/C10H13N3O2S/c1-6(16)10-7-2-3-13(5-9(14)15)4-8(7)11-12-10/h2-5H2,1H3,(H,11,12)(H,14,15). The van der Waals surface area contributed by atoms with Crippen LogP contribution in [0.25, 0.3) is 0 Å². The smallest absolute Gasteiger partial charge is 0.317 e. The van der Waals surface area contributed by atoms with Crippen LogP contribution >= 0.6 is 12.2 Å². The molecule has 0 saturated carbocycles. The summed E-state index contributed by atoms with van der Waals surface area (Å²) in [6.45, 7) is 3.28. The van der Waals surface area contributed by atoms with Gasteiger partial charge in [0.2, 0.25) is 0 Å². The number of carbonyl (C=O) groups is 1. The molecule has 0 amide bonds. The molecule has 86 valence electrons. The summed E-state index contributed by atoms with van der Waals surface area (Å²) in [5.74, 6) is -0.797. The summed E-state index contributed by atoms with van der Waals surface area (Å²) in [6, 6.07) is 0. The predicted octanol–water partition coefficient (Wildman–Crippen LogP) is 0.590. The number of carboxylic acids is 1. The Kier molecular flexibility index (Phi) is 3.02. The maximum absolute atomic E-state index is 10.6. The van der Waals surface area contributed by atoms with Crippen LogP contribution < -0.4 is 0 Å². The molecule has 16 heavy (non-hydrogen) atoms. The fourth-order valence-corrected chi connectivity index (χ4v) is 2.16. The van der Waals surface area contributed by atoms with Gasteiger partial charge in [0, 0.05) is 23.5 Å². The lowest BCUT2D eigenvalue weighted by Crippen LogP contribution is -2.34. The average Bonchev–Trinajstić information content (AvgIpc) is 2.59. The van der Waals surface area contributed by atoms with Crippen molar-refractivity contribution >= 4 is 23.1 Å². The second kappa shape index (κ2) is 4.31. The van der Waals surface area contributed by atoms with Gasteiger partial charge in [0.15, 0.2) is 0 Å². The Morgan fingerprint density at radius 3 is 3.06 bits per heavy atom. The fraction of sp³-hybridized carbons (Fsp3) is 0.500. The molecule has 1 aromatic rings. The summed E-state index contributed by atoms with van der Waals surface area (Å²) < 4.78 is 0. The molecule has 0 bridgehead atoms. The van der Waals surface area contributed by atoms with Crippen LogP contribution in [-0.2, 0) is 17.8 Å². The zero-order valence-electron chi connectivity index (χ0n) is 8.99. The van der Waals surface area contributed by atoms with Crippen molar-refractivity contribution in [2.45, 2.75) is 19.9 Å². The van der Waals surface area contributed by atoms with Gasteiger partial charge in [-0.15, -0.1) is 0 Å². The molecule has 6 heteroatoms. The number of hydrogen-bond donors (Lipinski definition) is 2. The maximum Gasteiger partial charge on any atom is 0.317 e. The van der Waals surface area contributed by atoms with Crippen LogP contribution in [0.2, 0.25) is 0 Å². The van der Waals surface area contributed by atoms with E-state index < -0.39 is 5.97 Å². The van der Waals surface area contributed by atoms with Crippen molar-refractivity contribution in [2.75, 3.05) is 13.1 Å². The number of fused-ring (bicyclic) bond motifs is 1. The van der Waals surface area contributed by atoms with Gasteiger partial charge in [-0.1, -0.05) is 12.2 Å². The third kappa shape index (κ3) is 2.12. The van der Waals surface area contributed by atoms with Crippen LogP contribution in [-0.4, -0.2) is 44.1 Å². The third-order valence-electron chi connectivity index (χ3n) is 2.70. The van der Waals surface area contributed by atoms with E-state index in [0.29, 0.717) is 6.54 Å². The minimum Gasteiger partial charge on any atom is -0.480 e. The molecule has 1 aliphatic rings. The highest BCUT2D eigenvalue weighted by Crippen LogP contribution is 2.20. The summed E-state index contributed by atoms with van der Waals surface area (Å²) in [7, 11) is 0. The van der Waals surface area contributed by atoms with Crippen LogP contribution in [0.15, 0.2) is 0 Å². The Bertz CT molecular complexity index is 441. The summed E-state index contributed by atoms with van der Waals surface area (Å²) in [5, 5.41) is 15.8. The third-order valence-corrected chi connectivity index (χ3v) is 2.90. The highest BCUT2D eigenvalue weighted by Gasteiger charge is 2.23. The van der Waals surface area contributed by atoms with E-state index in [1.54, 1.807) is 0 Å². The van der Waals surface area contributed by atoms with Gasteiger partial charge in [0.1, 0.15) is 5.69 Å². The Morgan fingerprint density at radius 2 is 2.44 bits per heavy atom. The van der Waals surface area contributed by atoms with E-state index in [1.807, 2.05) is 11.8 Å². The van der Waals surface area contributed by atoms with E-state index in [4.69, 9.17) is 17.3 Å². The molecule has 2 heterocycles. The Balaban J connectivity index is 2.16. The van der Waals surface area contributed by atoms with Gasteiger partial charge in [0.05, 0.1) is 12.2 Å². The monoisotopic (exact) mass is 239 g/mol. The van der Waals surface area contributed by atoms with Crippen LogP contribution in [0.1, 0.15) is 23.9 Å². The second-order valence-corrected chi connectivity index (χ2v) is 4.55. The molecule has 2 N–H and O–H groups in total. The lowest BCUT2D eigenvalue weighted by molar-refractivity contribution is -0.138. The minimum absolute atomic E-state index is 0.0738. The summed E-state index contributed by atoms with van der Waals surface area (Å²) in [4.78, 5) is 13.3. The Hall–Kier alpha value is -1.27. The van der Waals surface area contributed by atoms with Gasteiger partial charge in [-0.3, -0.25) is 14.8 Å². The normalized spacial score (nSPS) is 15.8. The number of aliphatic carboxylic acids is 1. The molecular formula is C10H13N3O2S. The molecule has 0 aliphatic carbocycles. The molecule has 0 aromatic carbocycles. The van der Waals surface area contributed by atoms with E-state index in [2.05, 4.69) is 10.2 Å².